The summed E-state index contributed by atoms with van der Waals surface area (Å²) in [6.45, 7) is 6.40. The van der Waals surface area contributed by atoms with Gasteiger partial charge in [0.1, 0.15) is 5.70 Å². The number of hydrogen-bond donors (Lipinski definition) is 0. The van der Waals surface area contributed by atoms with Crippen molar-refractivity contribution in [2.75, 3.05) is 14.1 Å². The summed E-state index contributed by atoms with van der Waals surface area (Å²) in [5.41, 5.74) is 1.28. The van der Waals surface area contributed by atoms with Gasteiger partial charge in [0.05, 0.1) is 20.3 Å². The zero-order chi connectivity index (χ0) is 11.4. The number of nitrogens with zero attached hydrogens (tertiary/aromatic N) is 3. The first-order chi connectivity index (χ1) is 7.06. The molecule has 4 heteroatoms. The first kappa shape index (κ1) is 12.2. The van der Waals surface area contributed by atoms with Crippen LogP contribution < -0.4 is 0 Å². The average molecular weight is 225 g/mol. The highest BCUT2D eigenvalue weighted by Crippen LogP contribution is 2.29. The van der Waals surface area contributed by atoms with Crippen molar-refractivity contribution in [3.8, 4) is 0 Å². The van der Waals surface area contributed by atoms with E-state index in [0.29, 0.717) is 0 Å². The number of aliphatic imine (C=N–C) groups is 1. The Balaban J connectivity index is 3.01. The normalized spacial score (nSPS) is 21.7. The number of hydrogen-bond acceptors (Lipinski definition) is 1. The van der Waals surface area contributed by atoms with E-state index in [9.17, 15) is 0 Å². The summed E-state index contributed by atoms with van der Waals surface area (Å²) in [6.07, 6.45) is 5.03. The van der Waals surface area contributed by atoms with Crippen LogP contribution in [-0.4, -0.2) is 41.0 Å². The second kappa shape index (κ2) is 5.26. The van der Waals surface area contributed by atoms with Gasteiger partial charge >= 0.3 is 5.17 Å². The van der Waals surface area contributed by atoms with Crippen molar-refractivity contribution in [2.45, 2.75) is 27.2 Å². The molecule has 0 aromatic heterocycles. The lowest BCUT2D eigenvalue weighted by Gasteiger charge is -1.95. The van der Waals surface area contributed by atoms with Crippen LogP contribution in [-0.2, 0) is 0 Å². The molecule has 15 heavy (non-hydrogen) atoms. The molecule has 1 heterocycles. The van der Waals surface area contributed by atoms with E-state index in [4.69, 9.17) is 0 Å². The Labute approximate surface area is 95.9 Å². The highest BCUT2D eigenvalue weighted by molar-refractivity contribution is 8.17. The number of thioether (sulfide) groups is 1. The van der Waals surface area contributed by atoms with Crippen LogP contribution in [0.5, 0.6) is 0 Å². The van der Waals surface area contributed by atoms with Crippen molar-refractivity contribution in [2.24, 2.45) is 4.99 Å². The molecule has 0 saturated heterocycles. The molecular formula is C11H19N3S+2. The van der Waals surface area contributed by atoms with Gasteiger partial charge in [0.25, 0.3) is 6.34 Å². The van der Waals surface area contributed by atoms with Crippen LogP contribution in [0.25, 0.3) is 0 Å². The van der Waals surface area contributed by atoms with E-state index in [2.05, 4.69) is 36.6 Å². The number of allylic oxidation sites excluding steroid dienone is 2. The second-order valence-corrected chi connectivity index (χ2v) is 4.88. The molecular weight excluding hydrogens is 206 g/mol. The third kappa shape index (κ3) is 3.02. The van der Waals surface area contributed by atoms with Crippen LogP contribution >= 0.6 is 11.8 Å². The predicted octanol–water partition coefficient (Wildman–Crippen LogP) is 2.13. The lowest BCUT2D eigenvalue weighted by molar-refractivity contribution is -0.460. The smallest absolute Gasteiger partial charge is 0.270 e. The lowest BCUT2D eigenvalue weighted by Crippen LogP contribution is -2.13. The highest BCUT2D eigenvalue weighted by Gasteiger charge is 2.27. The molecule has 1 aliphatic rings. The molecule has 1 rings (SSSR count). The summed E-state index contributed by atoms with van der Waals surface area (Å²) in [5, 5.41) is 1.04. The van der Waals surface area contributed by atoms with Crippen LogP contribution in [0.15, 0.2) is 15.6 Å². The van der Waals surface area contributed by atoms with Gasteiger partial charge in [0.2, 0.25) is 0 Å². The highest BCUT2D eigenvalue weighted by atomic mass is 32.2. The van der Waals surface area contributed by atoms with Crippen molar-refractivity contribution in [3.63, 3.8) is 0 Å². The maximum absolute atomic E-state index is 4.46. The maximum atomic E-state index is 4.46. The molecule has 3 nitrogen and oxygen atoms in total. The van der Waals surface area contributed by atoms with Gasteiger partial charge in [-0.05, 0) is 20.3 Å². The minimum absolute atomic E-state index is 1.02. The van der Waals surface area contributed by atoms with E-state index in [-0.39, 0.29) is 0 Å². The summed E-state index contributed by atoms with van der Waals surface area (Å²) in [4.78, 5) is 5.78. The standard InChI is InChI=1S/C11H19N3S/c1-6-7-14-9(2)10(3)15-11(14)12-8-13(4)5/h7-8H,6H2,1-5H3/q+2. The van der Waals surface area contributed by atoms with Crippen molar-refractivity contribution >= 4 is 29.5 Å². The predicted molar refractivity (Wildman–Crippen MR) is 68.2 cm³/mol. The molecule has 0 amide bonds. The van der Waals surface area contributed by atoms with Gasteiger partial charge in [-0.15, -0.1) is 0 Å². The average Bonchev–Trinajstić information content (AvgIpc) is 2.43. The Morgan fingerprint density at radius 3 is 2.60 bits per heavy atom. The molecule has 1 aliphatic heterocycles. The Bertz CT molecular complexity index is 371. The van der Waals surface area contributed by atoms with Crippen LogP contribution in [0.1, 0.15) is 27.2 Å². The lowest BCUT2D eigenvalue weighted by atomic mass is 10.4. The summed E-state index contributed by atoms with van der Waals surface area (Å²) in [7, 11) is 3.95. The fourth-order valence-corrected chi connectivity index (χ4v) is 2.15. The molecule has 0 aromatic carbocycles. The van der Waals surface area contributed by atoms with Crippen molar-refractivity contribution < 1.29 is 9.15 Å². The van der Waals surface area contributed by atoms with Gasteiger partial charge in [-0.2, -0.15) is 4.58 Å². The summed E-state index contributed by atoms with van der Waals surface area (Å²) < 4.78 is 4.11. The van der Waals surface area contributed by atoms with E-state index in [1.807, 2.05) is 25.0 Å². The quantitative estimate of drug-likeness (QED) is 0.400. The molecule has 0 radical (unpaired) electrons. The van der Waals surface area contributed by atoms with Gasteiger partial charge < -0.3 is 0 Å². The van der Waals surface area contributed by atoms with E-state index in [1.54, 1.807) is 11.8 Å². The van der Waals surface area contributed by atoms with Crippen LogP contribution in [0, 0.1) is 0 Å². The van der Waals surface area contributed by atoms with Crippen LogP contribution in [0.2, 0.25) is 0 Å². The summed E-state index contributed by atoms with van der Waals surface area (Å²) in [6, 6.07) is 0. The molecule has 0 aromatic rings. The maximum Gasteiger partial charge on any atom is 0.372 e. The molecule has 0 bridgehead atoms. The van der Waals surface area contributed by atoms with E-state index >= 15 is 0 Å². The largest absolute Gasteiger partial charge is 0.372 e. The zero-order valence-corrected chi connectivity index (χ0v) is 10.9. The number of amidine groups is 1. The van der Waals surface area contributed by atoms with Crippen molar-refractivity contribution in [3.05, 3.63) is 10.6 Å². The molecule has 0 saturated carbocycles. The summed E-state index contributed by atoms with van der Waals surface area (Å²) in [5.74, 6) is 0. The Morgan fingerprint density at radius 2 is 2.07 bits per heavy atom. The first-order valence-electron chi connectivity index (χ1n) is 5.11. The Kier molecular flexibility index (Phi) is 4.27. The number of rotatable bonds is 2. The van der Waals surface area contributed by atoms with Gasteiger partial charge in [0.15, 0.2) is 0 Å². The van der Waals surface area contributed by atoms with E-state index in [0.717, 1.165) is 11.6 Å². The third-order valence-corrected chi connectivity index (χ3v) is 3.17. The molecule has 0 unspecified atom stereocenters. The fourth-order valence-electron chi connectivity index (χ4n) is 1.22. The molecule has 0 fully saturated rings. The van der Waals surface area contributed by atoms with Crippen LogP contribution in [0.3, 0.4) is 0 Å². The Hall–Kier alpha value is -0.900. The minimum atomic E-state index is 1.02. The SMILES string of the molecule is CCC=[N+]1C(=NC=[N+](C)C)SC(C)=C1C. The summed E-state index contributed by atoms with van der Waals surface area (Å²) >= 11 is 1.73. The topological polar surface area (TPSA) is 18.4 Å². The molecule has 82 valence electrons. The monoisotopic (exact) mass is 225 g/mol. The molecule has 0 N–H and O–H groups in total. The van der Waals surface area contributed by atoms with Gasteiger partial charge in [-0.25, -0.2) is 0 Å². The minimum Gasteiger partial charge on any atom is -0.270 e. The molecule has 0 spiro atoms. The Morgan fingerprint density at radius 1 is 1.40 bits per heavy atom. The fraction of sp³-hybridized carbons (Fsp3) is 0.545. The first-order valence-corrected chi connectivity index (χ1v) is 5.93. The van der Waals surface area contributed by atoms with Crippen molar-refractivity contribution in [1.29, 1.82) is 0 Å². The van der Waals surface area contributed by atoms with Crippen molar-refractivity contribution in [1.82, 2.24) is 0 Å². The third-order valence-electron chi connectivity index (χ3n) is 2.09. The van der Waals surface area contributed by atoms with E-state index < -0.39 is 0 Å². The van der Waals surface area contributed by atoms with Gasteiger partial charge in [-0.3, -0.25) is 4.58 Å². The van der Waals surface area contributed by atoms with Crippen LogP contribution in [0.4, 0.5) is 0 Å². The van der Waals surface area contributed by atoms with E-state index in [1.165, 1.54) is 10.6 Å². The van der Waals surface area contributed by atoms with Gasteiger partial charge in [-0.1, -0.05) is 6.92 Å². The molecule has 0 atom stereocenters. The second-order valence-electron chi connectivity index (χ2n) is 3.70. The zero-order valence-electron chi connectivity index (χ0n) is 10.1. The molecule has 0 aliphatic carbocycles. The van der Waals surface area contributed by atoms with Gasteiger partial charge in [0, 0.05) is 21.7 Å².